The Labute approximate surface area is 122 Å². The van der Waals surface area contributed by atoms with Crippen LogP contribution >= 0.6 is 0 Å². The van der Waals surface area contributed by atoms with Crippen molar-refractivity contribution in [3.05, 3.63) is 36.4 Å². The van der Waals surface area contributed by atoms with Gasteiger partial charge in [-0.3, -0.25) is 9.97 Å². The van der Waals surface area contributed by atoms with Gasteiger partial charge in [-0.15, -0.1) is 0 Å². The van der Waals surface area contributed by atoms with E-state index in [0.29, 0.717) is 6.54 Å². The Morgan fingerprint density at radius 3 is 2.90 bits per heavy atom. The number of aryl methyl sites for hydroxylation is 1. The maximum atomic E-state index is 5.53. The third kappa shape index (κ3) is 2.82. The summed E-state index contributed by atoms with van der Waals surface area (Å²) in [5.41, 5.74) is 8.73. The molecule has 0 atom stereocenters. The molecule has 3 aromatic heterocycles. The van der Waals surface area contributed by atoms with Gasteiger partial charge < -0.3 is 11.1 Å². The zero-order valence-corrected chi connectivity index (χ0v) is 11.8. The van der Waals surface area contributed by atoms with Gasteiger partial charge in [-0.2, -0.15) is 9.61 Å². The predicted molar refractivity (Wildman–Crippen MR) is 80.9 cm³/mol. The first-order valence-electron chi connectivity index (χ1n) is 6.85. The number of aromatic nitrogens is 5. The third-order valence-corrected chi connectivity index (χ3v) is 3.07. The van der Waals surface area contributed by atoms with Crippen molar-refractivity contribution < 1.29 is 0 Å². The molecule has 0 aliphatic carbocycles. The highest BCUT2D eigenvalue weighted by Crippen LogP contribution is 2.19. The smallest absolute Gasteiger partial charge is 0.158 e. The fourth-order valence-corrected chi connectivity index (χ4v) is 2.10. The molecule has 3 aromatic rings. The number of fused-ring (bicyclic) bond motifs is 1. The van der Waals surface area contributed by atoms with Crippen LogP contribution in [0.4, 0.5) is 5.82 Å². The van der Waals surface area contributed by atoms with Crippen LogP contribution in [0.2, 0.25) is 0 Å². The normalized spacial score (nSPS) is 11.0. The Kier molecular flexibility index (Phi) is 3.74. The first kappa shape index (κ1) is 13.4. The highest BCUT2D eigenvalue weighted by molar-refractivity contribution is 5.62. The molecule has 0 aromatic carbocycles. The van der Waals surface area contributed by atoms with Crippen molar-refractivity contribution in [3.63, 3.8) is 0 Å². The van der Waals surface area contributed by atoms with Crippen molar-refractivity contribution in [1.82, 2.24) is 24.6 Å². The van der Waals surface area contributed by atoms with Crippen molar-refractivity contribution in [2.45, 2.75) is 13.3 Å². The van der Waals surface area contributed by atoms with Crippen molar-refractivity contribution in [2.75, 3.05) is 18.4 Å². The fraction of sp³-hybridized carbons (Fsp3) is 0.286. The molecule has 3 N–H and O–H groups in total. The van der Waals surface area contributed by atoms with Crippen LogP contribution < -0.4 is 11.1 Å². The molecule has 3 heterocycles. The number of hydrogen-bond donors (Lipinski definition) is 2. The van der Waals surface area contributed by atoms with Gasteiger partial charge >= 0.3 is 0 Å². The van der Waals surface area contributed by atoms with Crippen LogP contribution in [-0.4, -0.2) is 37.7 Å². The molecule has 0 radical (unpaired) electrons. The van der Waals surface area contributed by atoms with Gasteiger partial charge in [0.15, 0.2) is 5.65 Å². The molecular weight excluding hydrogens is 266 g/mol. The second-order valence-corrected chi connectivity index (χ2v) is 4.74. The SMILES string of the molecule is Cc1cc(NCCCN)n2nc(-c3cnccn3)cc2n1. The van der Waals surface area contributed by atoms with Crippen molar-refractivity contribution >= 4 is 11.5 Å². The zero-order valence-electron chi connectivity index (χ0n) is 11.8. The van der Waals surface area contributed by atoms with E-state index in [-0.39, 0.29) is 0 Å². The maximum Gasteiger partial charge on any atom is 0.158 e. The summed E-state index contributed by atoms with van der Waals surface area (Å²) in [5, 5.41) is 7.90. The minimum atomic E-state index is 0.657. The second-order valence-electron chi connectivity index (χ2n) is 4.74. The minimum Gasteiger partial charge on any atom is -0.370 e. The topological polar surface area (TPSA) is 94.0 Å². The van der Waals surface area contributed by atoms with Crippen LogP contribution in [0.15, 0.2) is 30.7 Å². The molecule has 7 nitrogen and oxygen atoms in total. The molecule has 0 aliphatic heterocycles. The lowest BCUT2D eigenvalue weighted by molar-refractivity contribution is 0.850. The first-order valence-corrected chi connectivity index (χ1v) is 6.85. The second kappa shape index (κ2) is 5.84. The van der Waals surface area contributed by atoms with Crippen molar-refractivity contribution in [1.29, 1.82) is 0 Å². The van der Waals surface area contributed by atoms with Crippen LogP contribution in [0.1, 0.15) is 12.1 Å². The quantitative estimate of drug-likeness (QED) is 0.684. The standard InChI is InChI=1S/C14H17N7/c1-10-7-13(18-4-2-3-15)21-14(19-10)8-11(20-21)12-9-16-5-6-17-12/h5-9,18H,2-4,15H2,1H3. The van der Waals surface area contributed by atoms with Gasteiger partial charge in [0.1, 0.15) is 17.2 Å². The van der Waals surface area contributed by atoms with E-state index in [2.05, 4.69) is 25.4 Å². The molecule has 0 unspecified atom stereocenters. The Hall–Kier alpha value is -2.54. The Bertz CT molecular complexity index is 736. The molecular formula is C14H17N7. The van der Waals surface area contributed by atoms with Crippen molar-refractivity contribution in [2.24, 2.45) is 5.73 Å². The maximum absolute atomic E-state index is 5.53. The molecule has 3 rings (SSSR count). The number of hydrogen-bond acceptors (Lipinski definition) is 6. The zero-order chi connectivity index (χ0) is 14.7. The molecule has 0 aliphatic rings. The molecule has 0 amide bonds. The van der Waals surface area contributed by atoms with E-state index in [0.717, 1.165) is 41.5 Å². The van der Waals surface area contributed by atoms with E-state index in [1.165, 1.54) is 0 Å². The van der Waals surface area contributed by atoms with Gasteiger partial charge in [0, 0.05) is 36.8 Å². The summed E-state index contributed by atoms with van der Waals surface area (Å²) in [7, 11) is 0. The highest BCUT2D eigenvalue weighted by atomic mass is 15.3. The molecule has 0 fully saturated rings. The van der Waals surface area contributed by atoms with Crippen LogP contribution in [0.5, 0.6) is 0 Å². The Balaban J connectivity index is 2.02. The highest BCUT2D eigenvalue weighted by Gasteiger charge is 2.10. The molecule has 0 bridgehead atoms. The van der Waals surface area contributed by atoms with Gasteiger partial charge in [0.25, 0.3) is 0 Å². The summed E-state index contributed by atoms with van der Waals surface area (Å²) in [6, 6.07) is 3.88. The van der Waals surface area contributed by atoms with Crippen LogP contribution in [0, 0.1) is 6.92 Å². The van der Waals surface area contributed by atoms with Crippen molar-refractivity contribution in [3.8, 4) is 11.4 Å². The molecule has 108 valence electrons. The monoisotopic (exact) mass is 283 g/mol. The largest absolute Gasteiger partial charge is 0.370 e. The van der Waals surface area contributed by atoms with Gasteiger partial charge in [0.05, 0.1) is 6.20 Å². The average Bonchev–Trinajstić information content (AvgIpc) is 2.92. The minimum absolute atomic E-state index is 0.657. The number of anilines is 1. The molecule has 21 heavy (non-hydrogen) atoms. The molecule has 0 saturated carbocycles. The molecule has 0 saturated heterocycles. The van der Waals surface area contributed by atoms with Gasteiger partial charge in [-0.05, 0) is 19.9 Å². The van der Waals surface area contributed by atoms with E-state index in [1.54, 1.807) is 23.1 Å². The Morgan fingerprint density at radius 2 is 2.14 bits per heavy atom. The van der Waals surface area contributed by atoms with Gasteiger partial charge in [-0.1, -0.05) is 0 Å². The average molecular weight is 283 g/mol. The number of rotatable bonds is 5. The number of nitrogens with two attached hydrogens (primary N) is 1. The van der Waals surface area contributed by atoms with E-state index in [4.69, 9.17) is 5.73 Å². The number of nitrogens with one attached hydrogen (secondary N) is 1. The van der Waals surface area contributed by atoms with E-state index in [1.807, 2.05) is 19.1 Å². The lowest BCUT2D eigenvalue weighted by atomic mass is 10.3. The van der Waals surface area contributed by atoms with Crippen LogP contribution in [0.25, 0.3) is 17.0 Å². The van der Waals surface area contributed by atoms with Gasteiger partial charge in [0.2, 0.25) is 0 Å². The van der Waals surface area contributed by atoms with E-state index in [9.17, 15) is 0 Å². The molecule has 7 heteroatoms. The predicted octanol–water partition coefficient (Wildman–Crippen LogP) is 1.26. The van der Waals surface area contributed by atoms with Crippen LogP contribution in [-0.2, 0) is 0 Å². The van der Waals surface area contributed by atoms with Crippen LogP contribution in [0.3, 0.4) is 0 Å². The summed E-state index contributed by atoms with van der Waals surface area (Å²) in [6.07, 6.45) is 5.89. The lowest BCUT2D eigenvalue weighted by Crippen LogP contribution is -2.11. The number of nitrogens with zero attached hydrogens (tertiary/aromatic N) is 5. The first-order chi connectivity index (χ1) is 10.3. The summed E-state index contributed by atoms with van der Waals surface area (Å²) < 4.78 is 1.79. The summed E-state index contributed by atoms with van der Waals surface area (Å²) in [5.74, 6) is 0.904. The van der Waals surface area contributed by atoms with Gasteiger partial charge in [-0.25, -0.2) is 4.98 Å². The molecule has 0 spiro atoms. The third-order valence-electron chi connectivity index (χ3n) is 3.07. The van der Waals surface area contributed by atoms with E-state index < -0.39 is 0 Å². The van der Waals surface area contributed by atoms with E-state index >= 15 is 0 Å². The summed E-state index contributed by atoms with van der Waals surface area (Å²) in [6.45, 7) is 3.42. The lowest BCUT2D eigenvalue weighted by Gasteiger charge is -2.08. The summed E-state index contributed by atoms with van der Waals surface area (Å²) in [4.78, 5) is 12.8. The summed E-state index contributed by atoms with van der Waals surface area (Å²) >= 11 is 0. The Morgan fingerprint density at radius 1 is 1.24 bits per heavy atom. The fourth-order valence-electron chi connectivity index (χ4n) is 2.10.